The summed E-state index contributed by atoms with van der Waals surface area (Å²) in [6.45, 7) is 2.28. The van der Waals surface area contributed by atoms with E-state index in [0.717, 1.165) is 11.5 Å². The fourth-order valence-corrected chi connectivity index (χ4v) is 4.51. The normalized spacial score (nSPS) is 15.6. The van der Waals surface area contributed by atoms with Crippen LogP contribution in [0.15, 0.2) is 78.9 Å². The zero-order valence-electron chi connectivity index (χ0n) is 16.8. The lowest BCUT2D eigenvalue weighted by atomic mass is 9.91. The number of hydrogen-bond donors (Lipinski definition) is 0. The number of ether oxygens (including phenoxy) is 2. The molecule has 4 aromatic rings. The molecule has 3 aromatic carbocycles. The molecule has 5 rings (SSSR count). The quantitative estimate of drug-likeness (QED) is 0.421. The molecule has 3 nitrogen and oxygen atoms in total. The van der Waals surface area contributed by atoms with E-state index in [4.69, 9.17) is 9.47 Å². The van der Waals surface area contributed by atoms with Crippen LogP contribution < -0.4 is 9.47 Å². The second-order valence-corrected chi connectivity index (χ2v) is 7.39. The molecule has 0 bridgehead atoms. The Morgan fingerprint density at radius 2 is 1.45 bits per heavy atom. The smallest absolute Gasteiger partial charge is 0.119 e. The summed E-state index contributed by atoms with van der Waals surface area (Å²) in [5, 5.41) is 1.19. The predicted molar refractivity (Wildman–Crippen MR) is 119 cm³/mol. The highest BCUT2D eigenvalue weighted by molar-refractivity contribution is 6.05. The summed E-state index contributed by atoms with van der Waals surface area (Å²) in [6.07, 6.45) is 0. The van der Waals surface area contributed by atoms with E-state index in [1.165, 1.54) is 38.9 Å². The molecule has 1 atom stereocenters. The van der Waals surface area contributed by atoms with Crippen molar-refractivity contribution < 1.29 is 9.47 Å². The third-order valence-corrected chi connectivity index (χ3v) is 5.82. The molecule has 1 unspecified atom stereocenters. The number of hydrogen-bond acceptors (Lipinski definition) is 2. The van der Waals surface area contributed by atoms with Gasteiger partial charge in [0.2, 0.25) is 0 Å². The lowest BCUT2D eigenvalue weighted by Crippen LogP contribution is -2.02. The molecule has 0 spiro atoms. The van der Waals surface area contributed by atoms with Gasteiger partial charge in [0.1, 0.15) is 11.5 Å². The van der Waals surface area contributed by atoms with Gasteiger partial charge in [-0.2, -0.15) is 0 Å². The predicted octanol–water partition coefficient (Wildman–Crippen LogP) is 6.19. The molecule has 3 heteroatoms. The Morgan fingerprint density at radius 1 is 0.724 bits per heavy atom. The van der Waals surface area contributed by atoms with Crippen LogP contribution in [-0.2, 0) is 0 Å². The molecule has 0 fully saturated rings. The minimum atomic E-state index is 0.222. The topological polar surface area (TPSA) is 23.4 Å². The van der Waals surface area contributed by atoms with E-state index in [2.05, 4.69) is 78.2 Å². The zero-order valence-corrected chi connectivity index (χ0v) is 16.8. The first-order valence-electron chi connectivity index (χ1n) is 9.84. The Bertz CT molecular complexity index is 1230. The van der Waals surface area contributed by atoms with Crippen LogP contribution >= 0.6 is 0 Å². The van der Waals surface area contributed by atoms with Crippen molar-refractivity contribution in [3.05, 3.63) is 95.7 Å². The molecule has 0 aliphatic carbocycles. The summed E-state index contributed by atoms with van der Waals surface area (Å²) in [7, 11) is 3.43. The first kappa shape index (κ1) is 17.6. The summed E-state index contributed by atoms with van der Waals surface area (Å²) >= 11 is 0. The SMILES string of the molecule is COc1cccc(C2=C(c3ccccc3)C(C)n3c2cc2cc(OC)ccc23)c1. The summed E-state index contributed by atoms with van der Waals surface area (Å²) in [4.78, 5) is 0. The molecule has 0 saturated heterocycles. The molecule has 0 amide bonds. The van der Waals surface area contributed by atoms with Crippen molar-refractivity contribution in [1.82, 2.24) is 4.57 Å². The number of fused-ring (bicyclic) bond motifs is 3. The van der Waals surface area contributed by atoms with Gasteiger partial charge in [-0.05, 0) is 60.0 Å². The Morgan fingerprint density at radius 3 is 2.21 bits per heavy atom. The average molecular weight is 381 g/mol. The maximum Gasteiger partial charge on any atom is 0.119 e. The standard InChI is InChI=1S/C26H23NO2/c1-17-25(18-8-5-4-6-9-18)26(19-10-7-11-21(14-19)28-2)24-16-20-15-22(29-3)12-13-23(20)27(17)24/h4-17H,1-3H3. The van der Waals surface area contributed by atoms with Crippen molar-refractivity contribution >= 4 is 22.0 Å². The van der Waals surface area contributed by atoms with Crippen molar-refractivity contribution in [2.24, 2.45) is 0 Å². The number of methoxy groups -OCH3 is 2. The average Bonchev–Trinajstić information content (AvgIpc) is 3.28. The summed E-state index contributed by atoms with van der Waals surface area (Å²) < 4.78 is 13.4. The van der Waals surface area contributed by atoms with E-state index < -0.39 is 0 Å². The van der Waals surface area contributed by atoms with Gasteiger partial charge in [-0.3, -0.25) is 0 Å². The third kappa shape index (κ3) is 2.73. The van der Waals surface area contributed by atoms with E-state index in [1.807, 2.05) is 12.1 Å². The van der Waals surface area contributed by atoms with Crippen LogP contribution in [0, 0.1) is 0 Å². The van der Waals surface area contributed by atoms with Gasteiger partial charge in [0, 0.05) is 16.5 Å². The molecule has 1 aliphatic rings. The number of rotatable bonds is 4. The Kier molecular flexibility index (Phi) is 4.17. The highest BCUT2D eigenvalue weighted by Gasteiger charge is 2.31. The lowest BCUT2D eigenvalue weighted by molar-refractivity contribution is 0.414. The monoisotopic (exact) mass is 381 g/mol. The second-order valence-electron chi connectivity index (χ2n) is 7.39. The largest absolute Gasteiger partial charge is 0.497 e. The number of allylic oxidation sites excluding steroid dienone is 1. The summed E-state index contributed by atoms with van der Waals surface area (Å²) in [5.41, 5.74) is 7.48. The molecule has 1 aromatic heterocycles. The third-order valence-electron chi connectivity index (χ3n) is 5.82. The highest BCUT2D eigenvalue weighted by atomic mass is 16.5. The van der Waals surface area contributed by atoms with Crippen LogP contribution in [-0.4, -0.2) is 18.8 Å². The van der Waals surface area contributed by atoms with Crippen molar-refractivity contribution in [1.29, 1.82) is 0 Å². The number of benzene rings is 3. The maximum atomic E-state index is 5.51. The van der Waals surface area contributed by atoms with Crippen LogP contribution in [0.4, 0.5) is 0 Å². The van der Waals surface area contributed by atoms with E-state index in [0.29, 0.717) is 0 Å². The van der Waals surface area contributed by atoms with Crippen LogP contribution in [0.5, 0.6) is 11.5 Å². The van der Waals surface area contributed by atoms with Crippen molar-refractivity contribution in [2.45, 2.75) is 13.0 Å². The molecule has 144 valence electrons. The van der Waals surface area contributed by atoms with Gasteiger partial charge >= 0.3 is 0 Å². The van der Waals surface area contributed by atoms with Gasteiger partial charge in [0.15, 0.2) is 0 Å². The van der Waals surface area contributed by atoms with E-state index in [-0.39, 0.29) is 6.04 Å². The minimum Gasteiger partial charge on any atom is -0.497 e. The van der Waals surface area contributed by atoms with Crippen LogP contribution in [0.1, 0.15) is 29.8 Å². The Labute approximate surface area is 170 Å². The van der Waals surface area contributed by atoms with Gasteiger partial charge in [0.25, 0.3) is 0 Å². The molecular weight excluding hydrogens is 358 g/mol. The maximum absolute atomic E-state index is 5.51. The molecule has 0 radical (unpaired) electrons. The fraction of sp³-hybridized carbons (Fsp3) is 0.154. The molecule has 2 heterocycles. The van der Waals surface area contributed by atoms with Gasteiger partial charge in [0.05, 0.1) is 26.0 Å². The zero-order chi connectivity index (χ0) is 20.0. The van der Waals surface area contributed by atoms with Gasteiger partial charge < -0.3 is 14.0 Å². The van der Waals surface area contributed by atoms with E-state index >= 15 is 0 Å². The van der Waals surface area contributed by atoms with E-state index in [9.17, 15) is 0 Å². The van der Waals surface area contributed by atoms with Gasteiger partial charge in [-0.15, -0.1) is 0 Å². The fourth-order valence-electron chi connectivity index (χ4n) is 4.51. The van der Waals surface area contributed by atoms with Crippen molar-refractivity contribution in [3.63, 3.8) is 0 Å². The van der Waals surface area contributed by atoms with Crippen LogP contribution in [0.25, 0.3) is 22.0 Å². The Balaban J connectivity index is 1.81. The van der Waals surface area contributed by atoms with Crippen LogP contribution in [0.3, 0.4) is 0 Å². The molecular formula is C26H23NO2. The van der Waals surface area contributed by atoms with Crippen molar-refractivity contribution in [3.8, 4) is 11.5 Å². The highest BCUT2D eigenvalue weighted by Crippen LogP contribution is 2.48. The summed E-state index contributed by atoms with van der Waals surface area (Å²) in [5.74, 6) is 1.75. The Hall–Kier alpha value is -3.46. The van der Waals surface area contributed by atoms with Crippen molar-refractivity contribution in [2.75, 3.05) is 14.2 Å². The second kappa shape index (κ2) is 6.85. The molecule has 1 aliphatic heterocycles. The molecule has 0 N–H and O–H groups in total. The number of nitrogens with zero attached hydrogens (tertiary/aromatic N) is 1. The first-order chi connectivity index (χ1) is 14.2. The summed E-state index contributed by atoms with van der Waals surface area (Å²) in [6, 6.07) is 27.8. The lowest BCUT2D eigenvalue weighted by Gasteiger charge is -2.16. The number of aromatic nitrogens is 1. The van der Waals surface area contributed by atoms with E-state index in [1.54, 1.807) is 14.2 Å². The molecule has 29 heavy (non-hydrogen) atoms. The van der Waals surface area contributed by atoms with Gasteiger partial charge in [-0.1, -0.05) is 42.5 Å². The van der Waals surface area contributed by atoms with Crippen LogP contribution in [0.2, 0.25) is 0 Å². The molecule has 0 saturated carbocycles. The minimum absolute atomic E-state index is 0.222. The first-order valence-corrected chi connectivity index (χ1v) is 9.84. The van der Waals surface area contributed by atoms with Gasteiger partial charge in [-0.25, -0.2) is 0 Å².